The number of rotatable bonds is 3. The second kappa shape index (κ2) is 5.47. The van der Waals surface area contributed by atoms with E-state index in [-0.39, 0.29) is 10.6 Å². The Morgan fingerprint density at radius 3 is 2.79 bits per heavy atom. The van der Waals surface area contributed by atoms with Crippen LogP contribution < -0.4 is 0 Å². The zero-order valence-electron chi connectivity index (χ0n) is 7.56. The molecule has 0 aliphatic heterocycles. The van der Waals surface area contributed by atoms with Crippen molar-refractivity contribution >= 4 is 55.9 Å². The number of alkyl halides is 2. The summed E-state index contributed by atoms with van der Waals surface area (Å²) in [4.78, 5) is 11.6. The SMILES string of the molecule is CC(Br)C(=O)c1cc(I)ccc1CCl. The van der Waals surface area contributed by atoms with Crippen molar-refractivity contribution in [3.05, 3.63) is 32.9 Å². The first-order chi connectivity index (χ1) is 6.56. The fourth-order valence-corrected chi connectivity index (χ4v) is 2.08. The molecule has 0 N–H and O–H groups in total. The molecule has 0 fully saturated rings. The summed E-state index contributed by atoms with van der Waals surface area (Å²) in [6.45, 7) is 1.82. The van der Waals surface area contributed by atoms with E-state index < -0.39 is 0 Å². The molecule has 0 spiro atoms. The zero-order chi connectivity index (χ0) is 10.7. The van der Waals surface area contributed by atoms with E-state index in [1.54, 1.807) is 0 Å². The lowest BCUT2D eigenvalue weighted by Gasteiger charge is -2.08. The van der Waals surface area contributed by atoms with Gasteiger partial charge in [-0.15, -0.1) is 11.6 Å². The Kier molecular flexibility index (Phi) is 4.87. The Morgan fingerprint density at radius 2 is 2.29 bits per heavy atom. The van der Waals surface area contributed by atoms with Gasteiger partial charge in [0.1, 0.15) is 0 Å². The van der Waals surface area contributed by atoms with Gasteiger partial charge in [-0.2, -0.15) is 0 Å². The number of hydrogen-bond acceptors (Lipinski definition) is 1. The zero-order valence-corrected chi connectivity index (χ0v) is 12.1. The van der Waals surface area contributed by atoms with Crippen molar-refractivity contribution in [1.29, 1.82) is 0 Å². The van der Waals surface area contributed by atoms with Crippen LogP contribution in [0, 0.1) is 3.57 Å². The number of ketones is 1. The van der Waals surface area contributed by atoms with E-state index in [1.165, 1.54) is 0 Å². The molecule has 0 aliphatic carbocycles. The van der Waals surface area contributed by atoms with Crippen LogP contribution in [0.5, 0.6) is 0 Å². The van der Waals surface area contributed by atoms with Crippen LogP contribution in [-0.2, 0) is 5.88 Å². The van der Waals surface area contributed by atoms with Gasteiger partial charge >= 0.3 is 0 Å². The number of carbonyl (C=O) groups is 1. The van der Waals surface area contributed by atoms with Gasteiger partial charge < -0.3 is 0 Å². The average molecular weight is 387 g/mol. The van der Waals surface area contributed by atoms with Gasteiger partial charge in [-0.25, -0.2) is 0 Å². The van der Waals surface area contributed by atoms with E-state index in [1.807, 2.05) is 25.1 Å². The third kappa shape index (κ3) is 2.94. The van der Waals surface area contributed by atoms with Crippen molar-refractivity contribution in [3.8, 4) is 0 Å². The summed E-state index contributed by atoms with van der Waals surface area (Å²) in [7, 11) is 0. The number of halogens is 3. The van der Waals surface area contributed by atoms with E-state index in [4.69, 9.17) is 11.6 Å². The third-order valence-corrected chi connectivity index (χ3v) is 3.22. The van der Waals surface area contributed by atoms with Crippen molar-refractivity contribution in [2.45, 2.75) is 17.6 Å². The maximum atomic E-state index is 11.8. The molecule has 1 aromatic carbocycles. The Labute approximate surface area is 110 Å². The maximum absolute atomic E-state index is 11.8. The van der Waals surface area contributed by atoms with Gasteiger partial charge in [-0.1, -0.05) is 22.0 Å². The van der Waals surface area contributed by atoms with Crippen LogP contribution in [-0.4, -0.2) is 10.6 Å². The number of Topliss-reactive ketones (excluding diaryl/α,β-unsaturated/α-hetero) is 1. The quantitative estimate of drug-likeness (QED) is 0.435. The summed E-state index contributed by atoms with van der Waals surface area (Å²) in [5, 5.41) is 0. The van der Waals surface area contributed by atoms with Crippen LogP contribution in [0.15, 0.2) is 18.2 Å². The highest BCUT2D eigenvalue weighted by Crippen LogP contribution is 2.19. The van der Waals surface area contributed by atoms with Crippen LogP contribution >= 0.6 is 50.1 Å². The van der Waals surface area contributed by atoms with Gasteiger partial charge in [-0.05, 0) is 47.2 Å². The van der Waals surface area contributed by atoms with Gasteiger partial charge in [0.25, 0.3) is 0 Å². The Balaban J connectivity index is 3.17. The molecule has 0 aliphatic rings. The molecule has 0 amide bonds. The van der Waals surface area contributed by atoms with E-state index in [0.29, 0.717) is 5.88 Å². The molecule has 0 radical (unpaired) electrons. The molecule has 0 saturated carbocycles. The second-order valence-corrected chi connectivity index (χ2v) is 5.80. The summed E-state index contributed by atoms with van der Waals surface area (Å²) in [6.07, 6.45) is 0. The Hall–Kier alpha value is 0.390. The smallest absolute Gasteiger partial charge is 0.176 e. The van der Waals surface area contributed by atoms with Gasteiger partial charge in [0, 0.05) is 15.0 Å². The first-order valence-electron chi connectivity index (χ1n) is 4.09. The molecular formula is C10H9BrClIO. The summed E-state index contributed by atoms with van der Waals surface area (Å²) in [5.74, 6) is 0.455. The summed E-state index contributed by atoms with van der Waals surface area (Å²) >= 11 is 11.2. The first-order valence-corrected chi connectivity index (χ1v) is 6.62. The maximum Gasteiger partial charge on any atom is 0.176 e. The molecule has 14 heavy (non-hydrogen) atoms. The fraction of sp³-hybridized carbons (Fsp3) is 0.300. The highest BCUT2D eigenvalue weighted by atomic mass is 127. The van der Waals surface area contributed by atoms with Crippen molar-refractivity contribution in [2.75, 3.05) is 0 Å². The topological polar surface area (TPSA) is 17.1 Å². The average Bonchev–Trinajstić information content (AvgIpc) is 2.16. The van der Waals surface area contributed by atoms with Crippen LogP contribution in [0.4, 0.5) is 0 Å². The predicted octanol–water partition coefficient (Wildman–Crippen LogP) is 4.00. The van der Waals surface area contributed by atoms with Crippen molar-refractivity contribution in [3.63, 3.8) is 0 Å². The minimum atomic E-state index is -0.164. The van der Waals surface area contributed by atoms with Gasteiger partial charge in [0.05, 0.1) is 4.83 Å². The molecule has 1 aromatic rings. The molecule has 1 nitrogen and oxygen atoms in total. The summed E-state index contributed by atoms with van der Waals surface area (Å²) < 4.78 is 1.05. The summed E-state index contributed by atoms with van der Waals surface area (Å²) in [5.41, 5.74) is 1.61. The molecule has 76 valence electrons. The van der Waals surface area contributed by atoms with Gasteiger partial charge in [0.2, 0.25) is 0 Å². The highest BCUT2D eigenvalue weighted by Gasteiger charge is 2.15. The molecule has 1 rings (SSSR count). The van der Waals surface area contributed by atoms with Gasteiger partial charge in [-0.3, -0.25) is 4.79 Å². The fourth-order valence-electron chi connectivity index (χ4n) is 1.11. The summed E-state index contributed by atoms with van der Waals surface area (Å²) in [6, 6.07) is 5.73. The van der Waals surface area contributed by atoms with Crippen LogP contribution in [0.3, 0.4) is 0 Å². The van der Waals surface area contributed by atoms with Crippen molar-refractivity contribution < 1.29 is 4.79 Å². The standard InChI is InChI=1S/C10H9BrClIO/c1-6(11)10(14)9-4-8(13)3-2-7(9)5-12/h2-4,6H,5H2,1H3. The molecule has 0 bridgehead atoms. The number of carbonyl (C=O) groups excluding carboxylic acids is 1. The molecular weight excluding hydrogens is 378 g/mol. The monoisotopic (exact) mass is 386 g/mol. The van der Waals surface area contributed by atoms with E-state index >= 15 is 0 Å². The molecule has 0 saturated heterocycles. The molecule has 0 aromatic heterocycles. The number of benzene rings is 1. The van der Waals surface area contributed by atoms with E-state index in [2.05, 4.69) is 38.5 Å². The van der Waals surface area contributed by atoms with Gasteiger partial charge in [0.15, 0.2) is 5.78 Å². The molecule has 1 unspecified atom stereocenters. The molecule has 1 atom stereocenters. The van der Waals surface area contributed by atoms with Crippen LogP contribution in [0.1, 0.15) is 22.8 Å². The third-order valence-electron chi connectivity index (χ3n) is 1.84. The second-order valence-electron chi connectivity index (χ2n) is 2.92. The van der Waals surface area contributed by atoms with Crippen molar-refractivity contribution in [2.24, 2.45) is 0 Å². The highest BCUT2D eigenvalue weighted by molar-refractivity contribution is 14.1. The predicted molar refractivity (Wildman–Crippen MR) is 71.4 cm³/mol. The molecule has 0 heterocycles. The number of hydrogen-bond donors (Lipinski definition) is 0. The molecule has 4 heteroatoms. The van der Waals surface area contributed by atoms with E-state index in [9.17, 15) is 4.79 Å². The largest absolute Gasteiger partial charge is 0.293 e. The van der Waals surface area contributed by atoms with Crippen LogP contribution in [0.2, 0.25) is 0 Å². The van der Waals surface area contributed by atoms with Crippen LogP contribution in [0.25, 0.3) is 0 Å². The van der Waals surface area contributed by atoms with Crippen molar-refractivity contribution in [1.82, 2.24) is 0 Å². The lowest BCUT2D eigenvalue weighted by atomic mass is 10.0. The lowest BCUT2D eigenvalue weighted by Crippen LogP contribution is -2.12. The van der Waals surface area contributed by atoms with E-state index in [0.717, 1.165) is 14.7 Å². The Bertz CT molecular complexity index is 352. The Morgan fingerprint density at radius 1 is 1.64 bits per heavy atom. The normalized spacial score (nSPS) is 12.6. The minimum absolute atomic E-state index is 0.0826. The first kappa shape index (κ1) is 12.5. The minimum Gasteiger partial charge on any atom is -0.293 e. The lowest BCUT2D eigenvalue weighted by molar-refractivity contribution is 0.0995.